The molecule has 0 atom stereocenters. The van der Waals surface area contributed by atoms with Crippen LogP contribution in [-0.2, 0) is 13.0 Å². The van der Waals surface area contributed by atoms with Crippen LogP contribution in [0, 0.1) is 5.92 Å². The second-order valence-corrected chi connectivity index (χ2v) is 8.06. The van der Waals surface area contributed by atoms with E-state index in [0.717, 1.165) is 18.9 Å². The molecule has 20 heavy (non-hydrogen) atoms. The van der Waals surface area contributed by atoms with Crippen LogP contribution < -0.4 is 10.2 Å². The third-order valence-corrected chi connectivity index (χ3v) is 5.18. The Bertz CT molecular complexity index is 429. The third kappa shape index (κ3) is 4.19. The van der Waals surface area contributed by atoms with Crippen molar-refractivity contribution in [3.05, 3.63) is 10.6 Å². The lowest BCUT2D eigenvalue weighted by atomic mass is 9.85. The molecule has 1 aliphatic carbocycles. The first-order valence-electron chi connectivity index (χ1n) is 7.84. The van der Waals surface area contributed by atoms with Crippen molar-refractivity contribution in [2.75, 3.05) is 18.5 Å². The van der Waals surface area contributed by atoms with Crippen molar-refractivity contribution < 1.29 is 0 Å². The van der Waals surface area contributed by atoms with E-state index in [1.54, 1.807) is 0 Å². The Labute approximate surface area is 127 Å². The number of anilines is 1. The van der Waals surface area contributed by atoms with Crippen LogP contribution in [0.4, 0.5) is 5.13 Å². The summed E-state index contributed by atoms with van der Waals surface area (Å²) in [5.74, 6) is 0.894. The van der Waals surface area contributed by atoms with Gasteiger partial charge in [-0.3, -0.25) is 0 Å². The van der Waals surface area contributed by atoms with Gasteiger partial charge >= 0.3 is 0 Å². The summed E-state index contributed by atoms with van der Waals surface area (Å²) in [7, 11) is 2.19. The van der Waals surface area contributed by atoms with E-state index in [0.29, 0.717) is 0 Å². The van der Waals surface area contributed by atoms with Gasteiger partial charge in [-0.05, 0) is 46.0 Å². The van der Waals surface area contributed by atoms with Crippen molar-refractivity contribution in [3.63, 3.8) is 0 Å². The van der Waals surface area contributed by atoms with E-state index < -0.39 is 0 Å². The summed E-state index contributed by atoms with van der Waals surface area (Å²) in [4.78, 5) is 8.60. The molecule has 0 amide bonds. The van der Waals surface area contributed by atoms with Gasteiger partial charge in [0.05, 0.1) is 5.69 Å². The lowest BCUT2D eigenvalue weighted by Gasteiger charge is -2.29. The lowest BCUT2D eigenvalue weighted by Crippen LogP contribution is -2.35. The molecule has 0 radical (unpaired) electrons. The average Bonchev–Trinajstić information content (AvgIpc) is 2.73. The summed E-state index contributed by atoms with van der Waals surface area (Å²) in [5.41, 5.74) is 1.43. The zero-order chi connectivity index (χ0) is 14.8. The minimum atomic E-state index is 0.160. The number of aromatic nitrogens is 1. The summed E-state index contributed by atoms with van der Waals surface area (Å²) in [5, 5.41) is 4.77. The summed E-state index contributed by atoms with van der Waals surface area (Å²) in [6, 6.07) is 0. The standard InChI is InChI=1S/C16H29N3S/c1-6-13-14(10-17-16(2,3)4)20-15(18-13)19(5)11-12-8-7-9-12/h12,17H,6-11H2,1-5H3. The summed E-state index contributed by atoms with van der Waals surface area (Å²) in [6.45, 7) is 10.9. The second kappa shape index (κ2) is 6.44. The van der Waals surface area contributed by atoms with Gasteiger partial charge in [-0.1, -0.05) is 13.3 Å². The molecule has 1 aromatic rings. The molecule has 114 valence electrons. The van der Waals surface area contributed by atoms with E-state index in [4.69, 9.17) is 4.98 Å². The van der Waals surface area contributed by atoms with Crippen LogP contribution >= 0.6 is 11.3 Å². The Morgan fingerprint density at radius 2 is 2.05 bits per heavy atom. The van der Waals surface area contributed by atoms with Gasteiger partial charge in [-0.2, -0.15) is 0 Å². The number of thiazole rings is 1. The van der Waals surface area contributed by atoms with Gasteiger partial charge in [0, 0.05) is 30.6 Å². The van der Waals surface area contributed by atoms with Gasteiger partial charge in [0.15, 0.2) is 5.13 Å². The van der Waals surface area contributed by atoms with Crippen molar-refractivity contribution in [1.29, 1.82) is 0 Å². The molecule has 0 unspecified atom stereocenters. The highest BCUT2D eigenvalue weighted by Gasteiger charge is 2.21. The topological polar surface area (TPSA) is 28.2 Å². The van der Waals surface area contributed by atoms with Crippen molar-refractivity contribution in [1.82, 2.24) is 10.3 Å². The van der Waals surface area contributed by atoms with Crippen molar-refractivity contribution in [3.8, 4) is 0 Å². The van der Waals surface area contributed by atoms with Gasteiger partial charge < -0.3 is 10.2 Å². The molecule has 1 N–H and O–H groups in total. The van der Waals surface area contributed by atoms with Crippen LogP contribution in [0.2, 0.25) is 0 Å². The quantitative estimate of drug-likeness (QED) is 0.864. The molecular formula is C16H29N3S. The Kier molecular flexibility index (Phi) is 5.08. The van der Waals surface area contributed by atoms with Gasteiger partial charge in [0.25, 0.3) is 0 Å². The Balaban J connectivity index is 2.01. The molecule has 0 bridgehead atoms. The minimum absolute atomic E-state index is 0.160. The highest BCUT2D eigenvalue weighted by molar-refractivity contribution is 7.15. The van der Waals surface area contributed by atoms with E-state index in [-0.39, 0.29) is 5.54 Å². The van der Waals surface area contributed by atoms with Gasteiger partial charge in [-0.15, -0.1) is 11.3 Å². The fourth-order valence-corrected chi connectivity index (χ4v) is 3.49. The number of hydrogen-bond donors (Lipinski definition) is 1. The first-order valence-corrected chi connectivity index (χ1v) is 8.65. The maximum absolute atomic E-state index is 4.85. The van der Waals surface area contributed by atoms with Crippen molar-refractivity contribution in [2.45, 2.75) is 65.5 Å². The Morgan fingerprint density at radius 3 is 2.55 bits per heavy atom. The van der Waals surface area contributed by atoms with Crippen LogP contribution in [-0.4, -0.2) is 24.1 Å². The Hall–Kier alpha value is -0.610. The SMILES string of the molecule is CCc1nc(N(C)CC2CCC2)sc1CNC(C)(C)C. The molecule has 1 aliphatic rings. The number of aryl methyl sites for hydroxylation is 1. The van der Waals surface area contributed by atoms with Crippen LogP contribution in [0.15, 0.2) is 0 Å². The van der Waals surface area contributed by atoms with E-state index in [2.05, 4.69) is 45.0 Å². The lowest BCUT2D eigenvalue weighted by molar-refractivity contribution is 0.321. The van der Waals surface area contributed by atoms with Gasteiger partial charge in [0.1, 0.15) is 0 Å². The highest BCUT2D eigenvalue weighted by Crippen LogP contribution is 2.31. The molecule has 1 fully saturated rings. The predicted molar refractivity (Wildman–Crippen MR) is 88.7 cm³/mol. The number of nitrogens with zero attached hydrogens (tertiary/aromatic N) is 2. The molecule has 0 aromatic carbocycles. The van der Waals surface area contributed by atoms with E-state index in [1.165, 1.54) is 41.5 Å². The molecule has 1 heterocycles. The molecule has 0 saturated heterocycles. The average molecular weight is 295 g/mol. The van der Waals surface area contributed by atoms with Crippen LogP contribution in [0.25, 0.3) is 0 Å². The first kappa shape index (κ1) is 15.8. The molecule has 0 aliphatic heterocycles. The van der Waals surface area contributed by atoms with E-state index in [1.807, 2.05) is 11.3 Å². The normalized spacial score (nSPS) is 16.2. The number of nitrogens with one attached hydrogen (secondary N) is 1. The molecule has 1 saturated carbocycles. The fourth-order valence-electron chi connectivity index (χ4n) is 2.43. The number of rotatable bonds is 6. The number of hydrogen-bond acceptors (Lipinski definition) is 4. The molecule has 2 rings (SSSR count). The zero-order valence-electron chi connectivity index (χ0n) is 13.6. The summed E-state index contributed by atoms with van der Waals surface area (Å²) < 4.78 is 0. The Morgan fingerprint density at radius 1 is 1.35 bits per heavy atom. The van der Waals surface area contributed by atoms with Gasteiger partial charge in [0.2, 0.25) is 0 Å². The van der Waals surface area contributed by atoms with E-state index >= 15 is 0 Å². The highest BCUT2D eigenvalue weighted by atomic mass is 32.1. The van der Waals surface area contributed by atoms with Crippen molar-refractivity contribution >= 4 is 16.5 Å². The second-order valence-electron chi connectivity index (χ2n) is 7.00. The third-order valence-electron chi connectivity index (χ3n) is 3.96. The molecule has 4 heteroatoms. The van der Waals surface area contributed by atoms with Crippen molar-refractivity contribution in [2.24, 2.45) is 5.92 Å². The van der Waals surface area contributed by atoms with Gasteiger partial charge in [-0.25, -0.2) is 4.98 Å². The first-order chi connectivity index (χ1) is 9.39. The smallest absolute Gasteiger partial charge is 0.185 e. The molecule has 0 spiro atoms. The zero-order valence-corrected chi connectivity index (χ0v) is 14.4. The molecular weight excluding hydrogens is 266 g/mol. The fraction of sp³-hybridized carbons (Fsp3) is 0.812. The van der Waals surface area contributed by atoms with Crippen LogP contribution in [0.3, 0.4) is 0 Å². The summed E-state index contributed by atoms with van der Waals surface area (Å²) >= 11 is 1.86. The maximum Gasteiger partial charge on any atom is 0.185 e. The minimum Gasteiger partial charge on any atom is -0.351 e. The van der Waals surface area contributed by atoms with Crippen LogP contribution in [0.5, 0.6) is 0 Å². The monoisotopic (exact) mass is 295 g/mol. The largest absolute Gasteiger partial charge is 0.351 e. The maximum atomic E-state index is 4.85. The predicted octanol–water partition coefficient (Wildman–Crippen LogP) is 3.83. The van der Waals surface area contributed by atoms with Crippen LogP contribution in [0.1, 0.15) is 57.5 Å². The summed E-state index contributed by atoms with van der Waals surface area (Å²) in [6.07, 6.45) is 5.23. The van der Waals surface area contributed by atoms with E-state index in [9.17, 15) is 0 Å². The molecule has 3 nitrogen and oxygen atoms in total. The molecule has 1 aromatic heterocycles.